The highest BCUT2D eigenvalue weighted by Gasteiger charge is 2.19. The van der Waals surface area contributed by atoms with Gasteiger partial charge in [-0.25, -0.2) is 0 Å². The van der Waals surface area contributed by atoms with Crippen LogP contribution in [-0.4, -0.2) is 30.4 Å². The molecule has 1 amide bonds. The van der Waals surface area contributed by atoms with E-state index in [2.05, 4.69) is 6.92 Å². The second-order valence-corrected chi connectivity index (χ2v) is 4.33. The van der Waals surface area contributed by atoms with Crippen LogP contribution in [0.1, 0.15) is 39.0 Å². The molecular weight excluding hydrogens is 176 g/mol. The molecule has 3 nitrogen and oxygen atoms in total. The number of likely N-dealkylation sites (tertiary alicyclic amines) is 1. The molecule has 1 aliphatic heterocycles. The first kappa shape index (κ1) is 11.5. The number of nitrogens with two attached hydrogens (primary N) is 1. The molecule has 1 aliphatic rings. The first-order valence-electron chi connectivity index (χ1n) is 5.72. The molecule has 0 aromatic carbocycles. The minimum Gasteiger partial charge on any atom is -0.342 e. The molecule has 0 spiro atoms. The summed E-state index contributed by atoms with van der Waals surface area (Å²) < 4.78 is 0. The molecule has 82 valence electrons. The minimum atomic E-state index is 0.324. The minimum absolute atomic E-state index is 0.324. The van der Waals surface area contributed by atoms with E-state index in [4.69, 9.17) is 5.73 Å². The molecule has 0 aromatic rings. The summed E-state index contributed by atoms with van der Waals surface area (Å²) in [6.45, 7) is 4.84. The van der Waals surface area contributed by atoms with Crippen molar-refractivity contribution in [3.05, 3.63) is 0 Å². The molecule has 0 saturated carbocycles. The molecule has 0 radical (unpaired) electrons. The van der Waals surface area contributed by atoms with E-state index >= 15 is 0 Å². The lowest BCUT2D eigenvalue weighted by Crippen LogP contribution is -2.38. The maximum Gasteiger partial charge on any atom is 0.222 e. The van der Waals surface area contributed by atoms with Gasteiger partial charge in [-0.1, -0.05) is 6.92 Å². The van der Waals surface area contributed by atoms with Crippen LogP contribution in [0, 0.1) is 5.92 Å². The number of hydrogen-bond acceptors (Lipinski definition) is 2. The van der Waals surface area contributed by atoms with Crippen molar-refractivity contribution in [3.63, 3.8) is 0 Å². The Morgan fingerprint density at radius 3 is 2.93 bits per heavy atom. The summed E-state index contributed by atoms with van der Waals surface area (Å²) >= 11 is 0. The SMILES string of the molecule is CC1CCCN(C(=O)CCCCN)C1. The molecule has 1 heterocycles. The quantitative estimate of drug-likeness (QED) is 0.694. The molecule has 3 heteroatoms. The second kappa shape index (κ2) is 6.02. The average molecular weight is 198 g/mol. The molecule has 1 rings (SSSR count). The van der Waals surface area contributed by atoms with Gasteiger partial charge in [0.25, 0.3) is 0 Å². The maximum absolute atomic E-state index is 11.7. The van der Waals surface area contributed by atoms with Crippen LogP contribution in [-0.2, 0) is 4.79 Å². The van der Waals surface area contributed by atoms with Gasteiger partial charge in [0.15, 0.2) is 0 Å². The first-order chi connectivity index (χ1) is 6.74. The largest absolute Gasteiger partial charge is 0.342 e. The van der Waals surface area contributed by atoms with Crippen LogP contribution in [0.3, 0.4) is 0 Å². The van der Waals surface area contributed by atoms with Crippen LogP contribution in [0.4, 0.5) is 0 Å². The average Bonchev–Trinajstić information content (AvgIpc) is 2.18. The summed E-state index contributed by atoms with van der Waals surface area (Å²) in [4.78, 5) is 13.7. The zero-order chi connectivity index (χ0) is 10.4. The summed E-state index contributed by atoms with van der Waals surface area (Å²) in [6.07, 6.45) is 5.04. The van der Waals surface area contributed by atoms with E-state index in [1.807, 2.05) is 4.90 Å². The molecule has 1 fully saturated rings. The van der Waals surface area contributed by atoms with Crippen LogP contribution >= 0.6 is 0 Å². The Labute approximate surface area is 86.6 Å². The molecule has 0 aromatic heterocycles. The number of unbranched alkanes of at least 4 members (excludes halogenated alkanes) is 1. The predicted octanol–water partition coefficient (Wildman–Crippen LogP) is 1.37. The Bertz CT molecular complexity index is 182. The van der Waals surface area contributed by atoms with Gasteiger partial charge in [0.1, 0.15) is 0 Å². The third-order valence-electron chi connectivity index (χ3n) is 2.85. The fraction of sp³-hybridized carbons (Fsp3) is 0.909. The fourth-order valence-electron chi connectivity index (χ4n) is 1.99. The third-order valence-corrected chi connectivity index (χ3v) is 2.85. The van der Waals surface area contributed by atoms with E-state index in [0.29, 0.717) is 24.8 Å². The Hall–Kier alpha value is -0.570. The van der Waals surface area contributed by atoms with Gasteiger partial charge in [0.05, 0.1) is 0 Å². The Morgan fingerprint density at radius 2 is 2.29 bits per heavy atom. The van der Waals surface area contributed by atoms with Gasteiger partial charge in [-0.05, 0) is 38.1 Å². The number of carbonyl (C=O) groups excluding carboxylic acids is 1. The number of nitrogens with zero attached hydrogens (tertiary/aromatic N) is 1. The number of hydrogen-bond donors (Lipinski definition) is 1. The topological polar surface area (TPSA) is 46.3 Å². The van der Waals surface area contributed by atoms with Crippen LogP contribution in [0.5, 0.6) is 0 Å². The lowest BCUT2D eigenvalue weighted by molar-refractivity contribution is -0.133. The molecule has 0 bridgehead atoms. The van der Waals surface area contributed by atoms with E-state index in [9.17, 15) is 4.79 Å². The van der Waals surface area contributed by atoms with Crippen molar-refractivity contribution in [2.24, 2.45) is 11.7 Å². The molecule has 0 aliphatic carbocycles. The van der Waals surface area contributed by atoms with E-state index < -0.39 is 0 Å². The number of piperidine rings is 1. The van der Waals surface area contributed by atoms with Crippen molar-refractivity contribution >= 4 is 5.91 Å². The number of carbonyl (C=O) groups is 1. The molecule has 14 heavy (non-hydrogen) atoms. The molecular formula is C11H22N2O. The van der Waals surface area contributed by atoms with Crippen molar-refractivity contribution in [1.29, 1.82) is 0 Å². The first-order valence-corrected chi connectivity index (χ1v) is 5.72. The van der Waals surface area contributed by atoms with Gasteiger partial charge in [0.2, 0.25) is 5.91 Å². The van der Waals surface area contributed by atoms with E-state index in [0.717, 1.165) is 25.9 Å². The van der Waals surface area contributed by atoms with Crippen LogP contribution in [0.15, 0.2) is 0 Å². The van der Waals surface area contributed by atoms with Gasteiger partial charge in [-0.2, -0.15) is 0 Å². The van der Waals surface area contributed by atoms with Crippen LogP contribution < -0.4 is 5.73 Å². The fourth-order valence-corrected chi connectivity index (χ4v) is 1.99. The monoisotopic (exact) mass is 198 g/mol. The number of rotatable bonds is 4. The highest BCUT2D eigenvalue weighted by Crippen LogP contribution is 2.16. The van der Waals surface area contributed by atoms with Gasteiger partial charge in [-0.3, -0.25) is 4.79 Å². The highest BCUT2D eigenvalue weighted by atomic mass is 16.2. The summed E-state index contributed by atoms with van der Waals surface area (Å²) in [5.41, 5.74) is 5.39. The zero-order valence-corrected chi connectivity index (χ0v) is 9.17. The van der Waals surface area contributed by atoms with Crippen molar-refractivity contribution in [2.45, 2.75) is 39.0 Å². The zero-order valence-electron chi connectivity index (χ0n) is 9.17. The lowest BCUT2D eigenvalue weighted by Gasteiger charge is -2.31. The van der Waals surface area contributed by atoms with Crippen molar-refractivity contribution in [3.8, 4) is 0 Å². The predicted molar refractivity (Wildman–Crippen MR) is 57.9 cm³/mol. The molecule has 1 unspecified atom stereocenters. The summed E-state index contributed by atoms with van der Waals surface area (Å²) in [5, 5.41) is 0. The normalized spacial score (nSPS) is 22.4. The van der Waals surface area contributed by atoms with E-state index in [1.165, 1.54) is 12.8 Å². The van der Waals surface area contributed by atoms with E-state index in [-0.39, 0.29) is 0 Å². The van der Waals surface area contributed by atoms with Crippen molar-refractivity contribution in [1.82, 2.24) is 4.90 Å². The number of amides is 1. The lowest BCUT2D eigenvalue weighted by atomic mass is 10.00. The smallest absolute Gasteiger partial charge is 0.222 e. The Morgan fingerprint density at radius 1 is 1.50 bits per heavy atom. The van der Waals surface area contributed by atoms with E-state index in [1.54, 1.807) is 0 Å². The molecule has 2 N–H and O–H groups in total. The maximum atomic E-state index is 11.7. The van der Waals surface area contributed by atoms with Crippen LogP contribution in [0.25, 0.3) is 0 Å². The van der Waals surface area contributed by atoms with Crippen molar-refractivity contribution in [2.75, 3.05) is 19.6 Å². The Balaban J connectivity index is 2.22. The van der Waals surface area contributed by atoms with Crippen molar-refractivity contribution < 1.29 is 4.79 Å². The summed E-state index contributed by atoms with van der Waals surface area (Å²) in [5.74, 6) is 1.01. The summed E-state index contributed by atoms with van der Waals surface area (Å²) in [7, 11) is 0. The van der Waals surface area contributed by atoms with Crippen LogP contribution in [0.2, 0.25) is 0 Å². The van der Waals surface area contributed by atoms with Gasteiger partial charge >= 0.3 is 0 Å². The standard InChI is InChI=1S/C11H22N2O/c1-10-5-4-8-13(9-10)11(14)6-2-3-7-12/h10H,2-9,12H2,1H3. The third kappa shape index (κ3) is 3.66. The van der Waals surface area contributed by atoms with Gasteiger partial charge < -0.3 is 10.6 Å². The Kier molecular flexibility index (Phi) is 4.94. The van der Waals surface area contributed by atoms with Gasteiger partial charge in [-0.15, -0.1) is 0 Å². The van der Waals surface area contributed by atoms with Gasteiger partial charge in [0, 0.05) is 19.5 Å². The highest BCUT2D eigenvalue weighted by molar-refractivity contribution is 5.76. The molecule has 1 saturated heterocycles. The summed E-state index contributed by atoms with van der Waals surface area (Å²) in [6, 6.07) is 0. The molecule has 1 atom stereocenters. The second-order valence-electron chi connectivity index (χ2n) is 4.33.